The van der Waals surface area contributed by atoms with Crippen LogP contribution in [0.1, 0.15) is 50.0 Å². The van der Waals surface area contributed by atoms with Gasteiger partial charge in [0, 0.05) is 19.0 Å². The highest BCUT2D eigenvalue weighted by atomic mass is 16.5. The van der Waals surface area contributed by atoms with E-state index in [1.165, 1.54) is 24.8 Å². The van der Waals surface area contributed by atoms with Crippen molar-refractivity contribution < 1.29 is 9.53 Å². The van der Waals surface area contributed by atoms with Crippen molar-refractivity contribution in [2.45, 2.75) is 44.4 Å². The molecule has 1 saturated heterocycles. The first-order valence-electron chi connectivity index (χ1n) is 8.23. The molecule has 0 aromatic heterocycles. The Morgan fingerprint density at radius 2 is 1.76 bits per heavy atom. The third-order valence-electron chi connectivity index (χ3n) is 4.81. The lowest BCUT2D eigenvalue weighted by atomic mass is 10.1. The lowest BCUT2D eigenvalue weighted by Crippen LogP contribution is -2.35. The predicted octanol–water partition coefficient (Wildman–Crippen LogP) is 3.59. The number of ether oxygens (including phenoxy) is 1. The minimum Gasteiger partial charge on any atom is -0.496 e. The van der Waals surface area contributed by atoms with Gasteiger partial charge >= 0.3 is 0 Å². The zero-order valence-corrected chi connectivity index (χ0v) is 12.9. The molecule has 21 heavy (non-hydrogen) atoms. The van der Waals surface area contributed by atoms with Crippen LogP contribution in [0.2, 0.25) is 0 Å². The van der Waals surface area contributed by atoms with Crippen molar-refractivity contribution in [3.63, 3.8) is 0 Å². The molecule has 0 bridgehead atoms. The molecule has 1 aromatic rings. The molecule has 1 amide bonds. The second-order valence-electron chi connectivity index (χ2n) is 6.28. The number of hydrogen-bond acceptors (Lipinski definition) is 2. The topological polar surface area (TPSA) is 29.5 Å². The van der Waals surface area contributed by atoms with E-state index in [0.717, 1.165) is 38.1 Å². The fourth-order valence-corrected chi connectivity index (χ4v) is 3.49. The monoisotopic (exact) mass is 287 g/mol. The molecule has 2 aliphatic rings. The molecule has 1 aliphatic carbocycles. The largest absolute Gasteiger partial charge is 0.496 e. The van der Waals surface area contributed by atoms with Crippen LogP contribution in [0.3, 0.4) is 0 Å². The van der Waals surface area contributed by atoms with Gasteiger partial charge in [-0.15, -0.1) is 0 Å². The van der Waals surface area contributed by atoms with E-state index in [9.17, 15) is 4.79 Å². The van der Waals surface area contributed by atoms with Crippen LogP contribution in [0, 0.1) is 5.92 Å². The normalized spacial score (nSPS) is 25.9. The molecule has 2 atom stereocenters. The molecule has 0 radical (unpaired) electrons. The Morgan fingerprint density at radius 3 is 2.48 bits per heavy atom. The van der Waals surface area contributed by atoms with Crippen molar-refractivity contribution in [1.82, 2.24) is 4.90 Å². The van der Waals surface area contributed by atoms with E-state index in [2.05, 4.69) is 11.0 Å². The molecule has 3 rings (SSSR count). The Kier molecular flexibility index (Phi) is 4.47. The van der Waals surface area contributed by atoms with Crippen LogP contribution in [0.5, 0.6) is 5.75 Å². The Bertz CT molecular complexity index is 492. The van der Waals surface area contributed by atoms with E-state index in [-0.39, 0.29) is 5.92 Å². The Morgan fingerprint density at radius 1 is 1.10 bits per heavy atom. The van der Waals surface area contributed by atoms with Crippen LogP contribution in [0.25, 0.3) is 0 Å². The van der Waals surface area contributed by atoms with Gasteiger partial charge in [-0.3, -0.25) is 4.79 Å². The van der Waals surface area contributed by atoms with Gasteiger partial charge in [-0.25, -0.2) is 0 Å². The summed E-state index contributed by atoms with van der Waals surface area (Å²) in [6.45, 7) is 1.90. The van der Waals surface area contributed by atoms with Gasteiger partial charge in [0.2, 0.25) is 5.91 Å². The summed E-state index contributed by atoms with van der Waals surface area (Å²) < 4.78 is 5.43. The number of likely N-dealkylation sites (tertiary alicyclic amines) is 1. The van der Waals surface area contributed by atoms with Crippen LogP contribution in [-0.2, 0) is 4.79 Å². The Balaban J connectivity index is 1.64. The number of carbonyl (C=O) groups excluding carboxylic acids is 1. The number of para-hydroxylation sites is 1. The van der Waals surface area contributed by atoms with Gasteiger partial charge in [-0.05, 0) is 36.8 Å². The van der Waals surface area contributed by atoms with Gasteiger partial charge in [0.05, 0.1) is 7.11 Å². The summed E-state index contributed by atoms with van der Waals surface area (Å²) in [5.74, 6) is 1.83. The first-order chi connectivity index (χ1) is 10.3. The molecule has 0 N–H and O–H groups in total. The summed E-state index contributed by atoms with van der Waals surface area (Å²) >= 11 is 0. The van der Waals surface area contributed by atoms with Gasteiger partial charge < -0.3 is 9.64 Å². The minimum absolute atomic E-state index is 0.181. The minimum atomic E-state index is 0.181. The van der Waals surface area contributed by atoms with Crippen molar-refractivity contribution in [1.29, 1.82) is 0 Å². The number of methoxy groups -OCH3 is 1. The summed E-state index contributed by atoms with van der Waals surface area (Å²) in [4.78, 5) is 14.8. The lowest BCUT2D eigenvalue weighted by Gasteiger charge is -2.25. The molecule has 1 aromatic carbocycles. The molecule has 114 valence electrons. The van der Waals surface area contributed by atoms with E-state index >= 15 is 0 Å². The van der Waals surface area contributed by atoms with Gasteiger partial charge in [-0.1, -0.05) is 37.5 Å². The molecule has 1 aliphatic heterocycles. The maximum Gasteiger partial charge on any atom is 0.226 e. The van der Waals surface area contributed by atoms with Crippen LogP contribution in [0.15, 0.2) is 24.3 Å². The highest BCUT2D eigenvalue weighted by Crippen LogP contribution is 2.51. The lowest BCUT2D eigenvalue weighted by molar-refractivity contribution is -0.133. The zero-order valence-electron chi connectivity index (χ0n) is 12.9. The van der Waals surface area contributed by atoms with E-state index in [1.807, 2.05) is 18.2 Å². The van der Waals surface area contributed by atoms with E-state index in [4.69, 9.17) is 4.74 Å². The number of carbonyl (C=O) groups is 1. The molecule has 2 unspecified atom stereocenters. The fourth-order valence-electron chi connectivity index (χ4n) is 3.49. The molecule has 1 heterocycles. The SMILES string of the molecule is COc1ccccc1C1CC1C(=O)N1CCCCCCC1. The number of hydrogen-bond donors (Lipinski definition) is 0. The van der Waals surface area contributed by atoms with Gasteiger partial charge in [0.15, 0.2) is 0 Å². The number of benzene rings is 1. The van der Waals surface area contributed by atoms with Gasteiger partial charge in [0.25, 0.3) is 0 Å². The third-order valence-corrected chi connectivity index (χ3v) is 4.81. The fraction of sp³-hybridized carbons (Fsp3) is 0.611. The molecule has 0 spiro atoms. The number of amides is 1. The van der Waals surface area contributed by atoms with E-state index in [0.29, 0.717) is 11.8 Å². The second-order valence-corrected chi connectivity index (χ2v) is 6.28. The zero-order chi connectivity index (χ0) is 14.7. The summed E-state index contributed by atoms with van der Waals surface area (Å²) in [5.41, 5.74) is 1.20. The predicted molar refractivity (Wildman–Crippen MR) is 83.5 cm³/mol. The quantitative estimate of drug-likeness (QED) is 0.850. The van der Waals surface area contributed by atoms with Crippen molar-refractivity contribution in [2.24, 2.45) is 5.92 Å². The molecule has 1 saturated carbocycles. The highest BCUT2D eigenvalue weighted by Gasteiger charge is 2.46. The van der Waals surface area contributed by atoms with Crippen LogP contribution < -0.4 is 4.74 Å². The molecule has 2 fully saturated rings. The number of rotatable bonds is 3. The molecular formula is C18H25NO2. The second kappa shape index (κ2) is 6.50. The average Bonchev–Trinajstić information content (AvgIpc) is 3.26. The summed E-state index contributed by atoms with van der Waals surface area (Å²) in [6.07, 6.45) is 7.18. The summed E-state index contributed by atoms with van der Waals surface area (Å²) in [6, 6.07) is 8.11. The summed E-state index contributed by atoms with van der Waals surface area (Å²) in [7, 11) is 1.70. The first-order valence-corrected chi connectivity index (χ1v) is 8.23. The third kappa shape index (κ3) is 3.22. The van der Waals surface area contributed by atoms with E-state index < -0.39 is 0 Å². The van der Waals surface area contributed by atoms with E-state index in [1.54, 1.807) is 7.11 Å². The number of nitrogens with zero attached hydrogens (tertiary/aromatic N) is 1. The van der Waals surface area contributed by atoms with Gasteiger partial charge in [-0.2, -0.15) is 0 Å². The molecule has 3 heteroatoms. The van der Waals surface area contributed by atoms with Crippen LogP contribution in [-0.4, -0.2) is 31.0 Å². The Labute approximate surface area is 127 Å². The molecule has 3 nitrogen and oxygen atoms in total. The van der Waals surface area contributed by atoms with Crippen molar-refractivity contribution in [2.75, 3.05) is 20.2 Å². The maximum absolute atomic E-state index is 12.7. The van der Waals surface area contributed by atoms with Gasteiger partial charge in [0.1, 0.15) is 5.75 Å². The standard InChI is InChI=1S/C18H25NO2/c1-21-17-10-6-5-9-14(17)15-13-16(15)18(20)19-11-7-3-2-4-8-12-19/h5-6,9-10,15-16H,2-4,7-8,11-13H2,1H3. The van der Waals surface area contributed by atoms with Crippen molar-refractivity contribution in [3.8, 4) is 5.75 Å². The average molecular weight is 287 g/mol. The summed E-state index contributed by atoms with van der Waals surface area (Å²) in [5, 5.41) is 0. The smallest absolute Gasteiger partial charge is 0.226 e. The van der Waals surface area contributed by atoms with Crippen LogP contribution >= 0.6 is 0 Å². The highest BCUT2D eigenvalue weighted by molar-refractivity contribution is 5.83. The first kappa shape index (κ1) is 14.4. The maximum atomic E-state index is 12.7. The van der Waals surface area contributed by atoms with Crippen molar-refractivity contribution >= 4 is 5.91 Å². The molecular weight excluding hydrogens is 262 g/mol. The van der Waals surface area contributed by atoms with Crippen LogP contribution in [0.4, 0.5) is 0 Å². The Hall–Kier alpha value is -1.51. The van der Waals surface area contributed by atoms with Crippen molar-refractivity contribution in [3.05, 3.63) is 29.8 Å².